The summed E-state index contributed by atoms with van der Waals surface area (Å²) in [6.45, 7) is 15.1. The van der Waals surface area contributed by atoms with Gasteiger partial charge in [-0.05, 0) is 250 Å². The van der Waals surface area contributed by atoms with E-state index in [1.165, 1.54) is 69.0 Å². The number of para-hydroxylation sites is 1. The fourth-order valence-electron chi connectivity index (χ4n) is 23.8. The predicted octanol–water partition coefficient (Wildman–Crippen LogP) is 17.0. The van der Waals surface area contributed by atoms with Crippen LogP contribution >= 0.6 is 11.6 Å². The van der Waals surface area contributed by atoms with E-state index in [2.05, 4.69) is 30.9 Å². The average molecular weight is 1990 g/mol. The van der Waals surface area contributed by atoms with E-state index in [-0.39, 0.29) is 189 Å². The number of nitrogens with two attached hydrogens (primary N) is 1. The summed E-state index contributed by atoms with van der Waals surface area (Å²) < 4.78 is 74.0. The van der Waals surface area contributed by atoms with Crippen molar-refractivity contribution in [3.05, 3.63) is 131 Å². The highest BCUT2D eigenvalue weighted by atomic mass is 35.5. The number of likely N-dealkylation sites (N-methyl/N-ethyl adjacent to an activating group) is 4. The van der Waals surface area contributed by atoms with E-state index in [1.807, 2.05) is 80.8 Å². The highest BCUT2D eigenvalue weighted by Gasteiger charge is 2.46. The fraction of sp³-hybridized carbons (Fsp3) is 0.615. The molecule has 768 valence electrons. The third kappa shape index (κ3) is 26.3. The van der Waals surface area contributed by atoms with E-state index in [0.717, 1.165) is 183 Å². The SMILES string of the molecule is CN[C@@H](C)C(=O)C[C@H](C(=O)N1CCC[C@H]1Cn1cc(C(C)=O)c2cccc(Cl)c21)C1CCCCC1.CN[C@@H](C)C(=O)C[C@H](C(=O)N1CCC[C@H]1Cn1cc(C(N)=O)c2cc(F)ccc21)C1CCCCC1.CN[C@@H](C)C(=O)C[C@H](C(=O)N1CCC[C@H]1Cn1cc(S(C)(=O)=O)c2cc(F)ccc21)C1CCCCC1.CN[C@@H](C)C(=O)C[C@H](C(=O)N1CCC[C@H]1Cn1nc(C(C)=O)c2cc(F)ccc21)C1CCCCC1. The Morgan fingerprint density at radius 3 is 1.07 bits per heavy atom. The van der Waals surface area contributed by atoms with Crippen molar-refractivity contribution in [3.8, 4) is 0 Å². The van der Waals surface area contributed by atoms with Crippen LogP contribution in [0.1, 0.15) is 278 Å². The molecule has 27 nitrogen and oxygen atoms in total. The van der Waals surface area contributed by atoms with Crippen molar-refractivity contribution in [1.82, 2.24) is 64.3 Å². The molecule has 32 heteroatoms. The maximum atomic E-state index is 14.0. The number of nitrogens with one attached hydrogen (secondary N) is 4. The first-order chi connectivity index (χ1) is 67.5. The van der Waals surface area contributed by atoms with Crippen LogP contribution in [0.4, 0.5) is 13.2 Å². The van der Waals surface area contributed by atoms with E-state index >= 15 is 0 Å². The first-order valence-electron chi connectivity index (χ1n) is 52.0. The number of nitrogens with zero attached hydrogens (tertiary/aromatic N) is 9. The number of primary amides is 1. The molecule has 8 fully saturated rings. The van der Waals surface area contributed by atoms with E-state index < -0.39 is 33.2 Å². The topological polar surface area (TPSA) is 342 Å². The van der Waals surface area contributed by atoms with Crippen LogP contribution in [0.5, 0.6) is 0 Å². The van der Waals surface area contributed by atoms with E-state index in [0.29, 0.717) is 90.0 Å². The molecule has 8 heterocycles. The lowest BCUT2D eigenvalue weighted by Gasteiger charge is -2.35. The van der Waals surface area contributed by atoms with Gasteiger partial charge in [-0.2, -0.15) is 5.10 Å². The second-order valence-electron chi connectivity index (χ2n) is 41.5. The number of Topliss-reactive ketones (excluding diaryl/α,β-unsaturated/α-hetero) is 6. The van der Waals surface area contributed by atoms with Gasteiger partial charge in [0.05, 0.1) is 63.3 Å². The van der Waals surface area contributed by atoms with E-state index in [4.69, 9.17) is 17.3 Å². The molecule has 141 heavy (non-hydrogen) atoms. The normalized spacial score (nSPS) is 20.9. The van der Waals surface area contributed by atoms with E-state index in [1.54, 1.807) is 70.4 Å². The molecule has 0 bridgehead atoms. The summed E-state index contributed by atoms with van der Waals surface area (Å²) in [6.07, 6.45) is 35.9. The van der Waals surface area contributed by atoms with Gasteiger partial charge in [-0.25, -0.2) is 21.6 Å². The maximum Gasteiger partial charge on any atom is 0.250 e. The summed E-state index contributed by atoms with van der Waals surface area (Å²) in [5, 5.41) is 19.4. The summed E-state index contributed by atoms with van der Waals surface area (Å²) in [5.74, 6) is -1.67. The number of likely N-dealkylation sites (tertiary alicyclic amines) is 4. The molecule has 0 unspecified atom stereocenters. The number of hydrogen-bond acceptors (Lipinski definition) is 18. The second kappa shape index (κ2) is 49.7. The molecule has 8 aliphatic rings. The van der Waals surface area contributed by atoms with Crippen LogP contribution in [0, 0.1) is 64.8 Å². The molecule has 4 aliphatic carbocycles. The zero-order chi connectivity index (χ0) is 101. The Bertz CT molecular complexity index is 5710. The van der Waals surface area contributed by atoms with Gasteiger partial charge in [0.2, 0.25) is 23.6 Å². The highest BCUT2D eigenvalue weighted by Crippen LogP contribution is 2.43. The molecule has 0 spiro atoms. The smallest absolute Gasteiger partial charge is 0.250 e. The Morgan fingerprint density at radius 2 is 0.723 bits per heavy atom. The number of carbonyl (C=O) groups is 11. The molecule has 6 N–H and O–H groups in total. The minimum absolute atomic E-state index is 0.00454. The zero-order valence-corrected chi connectivity index (χ0v) is 86.1. The number of halogens is 4. The standard InChI is InChI=1S/C28H38ClN3O3.2C27H37FN4O3.C27H38FN3O4S/c1-18(30-3)26(34)15-23(20-9-5-4-6-10-20)28(35)32-14-8-11-21(32)16-31-17-24(19(2)33)22-12-7-13-25(29)27(22)31;1-17(29-3)25(34)15-22(19-8-5-4-6-9-19)27(35)31-13-7-10-21(31)16-32-24-12-11-20(28)14-23(24)26(30-32)18(2)33;1-17(30-2)25(33)14-21(18-7-4-3-5-8-18)27(35)32-12-6-9-20(32)15-31-16-23(26(29)34)22-13-19(28)10-11-24(22)31;1-18(29-2)25(32)15-22(19-8-5-4-6-9-19)27(33)31-13-7-10-21(31)16-30-17-26(36(3,34)35)23-14-20(28)11-12-24(23)30/h7,12-13,17-18,20-21,23,30H,4-6,8-11,14-16H2,1-3H3;11-12,14,17,19,21-22,29H,4-10,13,15-16H2,1-3H3;10-11,13,16-18,20-21,30H,3-9,12,14-15H2,1-2H3,(H2,29,34);11-12,14,17-19,21-22,29H,4-10,13,15-16H2,1-3H3/t18-,21-,23-;17-,21-,22-;17-,20-,21-;18-,21-,22-/m0000/s1. The number of aromatic nitrogens is 5. The minimum Gasteiger partial charge on any atom is -0.366 e. The van der Waals surface area contributed by atoms with Crippen molar-refractivity contribution in [2.45, 2.75) is 326 Å². The van der Waals surface area contributed by atoms with Crippen molar-refractivity contribution in [2.75, 3.05) is 60.6 Å². The summed E-state index contributed by atoms with van der Waals surface area (Å²) in [5.41, 5.74) is 9.64. The van der Waals surface area contributed by atoms with Crippen LogP contribution in [0.15, 0.2) is 96.3 Å². The monoisotopic (exact) mass is 1990 g/mol. The van der Waals surface area contributed by atoms with Gasteiger partial charge in [0, 0.05) is 183 Å². The summed E-state index contributed by atoms with van der Waals surface area (Å²) >= 11 is 6.56. The summed E-state index contributed by atoms with van der Waals surface area (Å²) in [6, 6.07) is 17.3. The molecule has 16 rings (SSSR count). The zero-order valence-electron chi connectivity index (χ0n) is 84.5. The fourth-order valence-corrected chi connectivity index (χ4v) is 24.9. The first-order valence-corrected chi connectivity index (χ1v) is 54.3. The average Bonchev–Trinajstić information content (AvgIpc) is 2.10. The van der Waals surface area contributed by atoms with Crippen LogP contribution in [0.2, 0.25) is 5.02 Å². The van der Waals surface area contributed by atoms with Crippen molar-refractivity contribution in [2.24, 2.45) is 53.1 Å². The van der Waals surface area contributed by atoms with Crippen LogP contribution in [-0.4, -0.2) is 225 Å². The molecule has 4 saturated heterocycles. The molecule has 5 amide bonds. The number of carbonyl (C=O) groups excluding carboxylic acids is 11. The lowest BCUT2D eigenvalue weighted by Crippen LogP contribution is -2.45. The largest absolute Gasteiger partial charge is 0.366 e. The third-order valence-corrected chi connectivity index (χ3v) is 33.8. The number of fused-ring (bicyclic) bond motifs is 4. The Labute approximate surface area is 833 Å². The molecule has 4 aliphatic heterocycles. The lowest BCUT2D eigenvalue weighted by atomic mass is 9.76. The quantitative estimate of drug-likeness (QED) is 0.0228. The molecule has 12 atom stereocenters. The molecule has 4 aromatic heterocycles. The van der Waals surface area contributed by atoms with Crippen molar-refractivity contribution in [3.63, 3.8) is 0 Å². The predicted molar refractivity (Wildman–Crippen MR) is 544 cm³/mol. The Morgan fingerprint density at radius 1 is 0.397 bits per heavy atom. The Kier molecular flexibility index (Phi) is 38.2. The molecule has 0 radical (unpaired) electrons. The molecule has 4 saturated carbocycles. The van der Waals surface area contributed by atoms with Gasteiger partial charge in [0.25, 0.3) is 5.91 Å². The van der Waals surface area contributed by atoms with Gasteiger partial charge in [-0.15, -0.1) is 0 Å². The molecule has 4 aromatic carbocycles. The van der Waals surface area contributed by atoms with Gasteiger partial charge in [0.1, 0.15) is 46.3 Å². The molecule has 8 aromatic rings. The Hall–Kier alpha value is -9.79. The lowest BCUT2D eigenvalue weighted by molar-refractivity contribution is -0.142. The number of benzene rings is 4. The van der Waals surface area contributed by atoms with E-state index in [9.17, 15) is 74.3 Å². The molecular weight excluding hydrogens is 1840 g/mol. The van der Waals surface area contributed by atoms with Gasteiger partial charge < -0.3 is 60.3 Å². The van der Waals surface area contributed by atoms with Crippen LogP contribution in [0.3, 0.4) is 0 Å². The molecular formula is C109H150ClF3N14O13S. The summed E-state index contributed by atoms with van der Waals surface area (Å²) in [4.78, 5) is 152. The number of rotatable bonds is 36. The van der Waals surface area contributed by atoms with Crippen molar-refractivity contribution < 1.29 is 74.3 Å². The number of ketones is 6. The van der Waals surface area contributed by atoms with Gasteiger partial charge in [0.15, 0.2) is 21.4 Å². The third-order valence-electron chi connectivity index (χ3n) is 32.3. The van der Waals surface area contributed by atoms with Gasteiger partial charge in [-0.1, -0.05) is 101 Å². The highest BCUT2D eigenvalue weighted by molar-refractivity contribution is 7.91. The number of amides is 5. The Balaban J connectivity index is 0.000000158. The van der Waals surface area contributed by atoms with Crippen LogP contribution < -0.4 is 27.0 Å². The van der Waals surface area contributed by atoms with Crippen LogP contribution in [0.25, 0.3) is 43.6 Å². The number of hydrogen-bond donors (Lipinski definition) is 5. The first kappa shape index (κ1) is 108. The van der Waals surface area contributed by atoms with Gasteiger partial charge >= 0.3 is 0 Å². The summed E-state index contributed by atoms with van der Waals surface area (Å²) in [7, 11) is 3.53. The number of sulfone groups is 1. The van der Waals surface area contributed by atoms with Gasteiger partial charge in [-0.3, -0.25) is 57.4 Å². The minimum atomic E-state index is -3.55. The second-order valence-corrected chi connectivity index (χ2v) is 43.9. The van der Waals surface area contributed by atoms with Crippen molar-refractivity contribution >= 4 is 129 Å². The maximum absolute atomic E-state index is 14.0. The van der Waals surface area contributed by atoms with Crippen molar-refractivity contribution in [1.29, 1.82) is 0 Å². The van der Waals surface area contributed by atoms with Crippen LogP contribution in [-0.2, 0) is 74.4 Å².